The van der Waals surface area contributed by atoms with Crippen LogP contribution in [0.3, 0.4) is 0 Å². The molecule has 4 heteroatoms. The van der Waals surface area contributed by atoms with Crippen LogP contribution in [0.2, 0.25) is 0 Å². The van der Waals surface area contributed by atoms with Gasteiger partial charge in [-0.3, -0.25) is 14.5 Å². The first-order valence-electron chi connectivity index (χ1n) is 6.08. The molecule has 2 rings (SSSR count). The number of fused-ring (bicyclic) bond motifs is 1. The zero-order valence-corrected chi connectivity index (χ0v) is 8.64. The number of nitrogens with zero attached hydrogens (tertiary/aromatic N) is 1. The Morgan fingerprint density at radius 2 is 1.69 bits per heavy atom. The van der Waals surface area contributed by atoms with Crippen LogP contribution in [0.25, 0.3) is 0 Å². The maximum Gasteiger partial charge on any atom is 0.261 e. The summed E-state index contributed by atoms with van der Waals surface area (Å²) in [4.78, 5) is 24.7. The van der Waals surface area contributed by atoms with Gasteiger partial charge in [-0.05, 0) is 25.0 Å². The van der Waals surface area contributed by atoms with Crippen LogP contribution >= 0.6 is 0 Å². The zero-order chi connectivity index (χ0) is 13.3. The highest BCUT2D eigenvalue weighted by molar-refractivity contribution is 6.21. The van der Waals surface area contributed by atoms with Crippen molar-refractivity contribution in [2.24, 2.45) is 0 Å². The summed E-state index contributed by atoms with van der Waals surface area (Å²) in [5, 5.41) is 8.72. The van der Waals surface area contributed by atoms with Crippen molar-refractivity contribution in [2.75, 3.05) is 13.1 Å². The number of imide groups is 1. The molecule has 2 amide bonds. The second-order valence-corrected chi connectivity index (χ2v) is 3.48. The summed E-state index contributed by atoms with van der Waals surface area (Å²) >= 11 is 0. The van der Waals surface area contributed by atoms with E-state index in [9.17, 15) is 9.59 Å². The van der Waals surface area contributed by atoms with E-state index in [0.717, 1.165) is 0 Å². The van der Waals surface area contributed by atoms with Crippen molar-refractivity contribution in [3.05, 3.63) is 35.4 Å². The molecule has 1 heterocycles. The molecule has 0 atom stereocenters. The topological polar surface area (TPSA) is 57.6 Å². The monoisotopic (exact) mass is 221 g/mol. The minimum Gasteiger partial charge on any atom is -0.396 e. The Hall–Kier alpha value is -1.68. The standard InChI is InChI=1S/C12H13NO3/c14-8-4-3-7-13-11(15)9-5-1-2-6-10(9)12(13)16/h1-2,5-6,14H,3-4,7-8H2/i7D2. The lowest BCUT2D eigenvalue weighted by atomic mass is 10.1. The molecule has 16 heavy (non-hydrogen) atoms. The second-order valence-electron chi connectivity index (χ2n) is 3.48. The fourth-order valence-corrected chi connectivity index (χ4v) is 1.60. The Labute approximate surface area is 96.3 Å². The summed E-state index contributed by atoms with van der Waals surface area (Å²) in [6.07, 6.45) is 0.120. The second kappa shape index (κ2) is 4.45. The van der Waals surface area contributed by atoms with Crippen molar-refractivity contribution in [1.82, 2.24) is 4.90 Å². The van der Waals surface area contributed by atoms with Gasteiger partial charge in [0.2, 0.25) is 0 Å². The van der Waals surface area contributed by atoms with E-state index >= 15 is 0 Å². The van der Waals surface area contributed by atoms with Crippen molar-refractivity contribution in [3.63, 3.8) is 0 Å². The van der Waals surface area contributed by atoms with Gasteiger partial charge in [0.25, 0.3) is 11.8 Å². The van der Waals surface area contributed by atoms with Gasteiger partial charge in [-0.25, -0.2) is 0 Å². The summed E-state index contributed by atoms with van der Waals surface area (Å²) in [7, 11) is 0. The molecule has 1 N–H and O–H groups in total. The van der Waals surface area contributed by atoms with Gasteiger partial charge in [0.15, 0.2) is 0 Å². The van der Waals surface area contributed by atoms with E-state index in [4.69, 9.17) is 7.85 Å². The number of rotatable bonds is 4. The minimum atomic E-state index is -2.07. The minimum absolute atomic E-state index is 0.0744. The molecule has 0 spiro atoms. The molecule has 1 aromatic rings. The predicted molar refractivity (Wildman–Crippen MR) is 58.1 cm³/mol. The summed E-state index contributed by atoms with van der Waals surface area (Å²) in [6, 6.07) is 6.29. The van der Waals surface area contributed by atoms with E-state index in [-0.39, 0.29) is 30.6 Å². The van der Waals surface area contributed by atoms with Gasteiger partial charge in [0.05, 0.1) is 11.1 Å². The predicted octanol–water partition coefficient (Wildman–Crippen LogP) is 1.06. The smallest absolute Gasteiger partial charge is 0.261 e. The van der Waals surface area contributed by atoms with Crippen LogP contribution in [0.4, 0.5) is 0 Å². The quantitative estimate of drug-likeness (QED) is 0.773. The largest absolute Gasteiger partial charge is 0.396 e. The lowest BCUT2D eigenvalue weighted by molar-refractivity contribution is 0.0649. The third-order valence-electron chi connectivity index (χ3n) is 2.40. The van der Waals surface area contributed by atoms with Gasteiger partial charge in [-0.15, -0.1) is 0 Å². The molecule has 0 radical (unpaired) electrons. The fraction of sp³-hybridized carbons (Fsp3) is 0.333. The van der Waals surface area contributed by atoms with E-state index in [0.29, 0.717) is 4.90 Å². The maximum absolute atomic E-state index is 12.0. The van der Waals surface area contributed by atoms with Crippen LogP contribution in [-0.2, 0) is 0 Å². The molecule has 0 bridgehead atoms. The third-order valence-corrected chi connectivity index (χ3v) is 2.40. The van der Waals surface area contributed by atoms with Crippen LogP contribution in [0.15, 0.2) is 24.3 Å². The van der Waals surface area contributed by atoms with E-state index in [2.05, 4.69) is 0 Å². The van der Waals surface area contributed by atoms with Gasteiger partial charge in [0, 0.05) is 15.8 Å². The van der Waals surface area contributed by atoms with Crippen molar-refractivity contribution >= 4 is 11.8 Å². The molecule has 0 aliphatic carbocycles. The maximum atomic E-state index is 12.0. The highest BCUT2D eigenvalue weighted by atomic mass is 16.3. The highest BCUT2D eigenvalue weighted by Gasteiger charge is 2.34. The van der Waals surface area contributed by atoms with Crippen molar-refractivity contribution in [2.45, 2.75) is 12.8 Å². The molecule has 0 aromatic heterocycles. The molecule has 0 saturated carbocycles. The molecule has 0 saturated heterocycles. The Balaban J connectivity index is 2.33. The molecule has 4 nitrogen and oxygen atoms in total. The van der Waals surface area contributed by atoms with Gasteiger partial charge in [-0.2, -0.15) is 0 Å². The summed E-state index contributed by atoms with van der Waals surface area (Å²) in [5.74, 6) is -1.22. The molecule has 1 aliphatic heterocycles. The van der Waals surface area contributed by atoms with Crippen LogP contribution < -0.4 is 0 Å². The van der Waals surface area contributed by atoms with Gasteiger partial charge < -0.3 is 5.11 Å². The average Bonchev–Trinajstić information content (AvgIpc) is 2.61. The van der Waals surface area contributed by atoms with Crippen molar-refractivity contribution in [3.8, 4) is 0 Å². The van der Waals surface area contributed by atoms with Crippen LogP contribution in [0, 0.1) is 0 Å². The Kier molecular flexibility index (Phi) is 2.35. The number of benzene rings is 1. The van der Waals surface area contributed by atoms with E-state index in [1.807, 2.05) is 0 Å². The number of aliphatic hydroxyl groups is 1. The van der Waals surface area contributed by atoms with Gasteiger partial charge in [-0.1, -0.05) is 12.1 Å². The fourth-order valence-electron chi connectivity index (χ4n) is 1.60. The molecular weight excluding hydrogens is 206 g/mol. The normalized spacial score (nSPS) is 17.2. The lowest BCUT2D eigenvalue weighted by Crippen LogP contribution is -2.30. The first-order chi connectivity index (χ1) is 8.49. The van der Waals surface area contributed by atoms with Crippen LogP contribution in [0.5, 0.6) is 0 Å². The van der Waals surface area contributed by atoms with Crippen LogP contribution in [-0.4, -0.2) is 34.9 Å². The SMILES string of the molecule is [2H]C([2H])(CCCO)N1C(=O)c2ccccc2C1=O. The first kappa shape index (κ1) is 8.47. The Bertz CT molecular complexity index is 467. The summed E-state index contributed by atoms with van der Waals surface area (Å²) in [5.41, 5.74) is 0.464. The molecule has 1 aliphatic rings. The van der Waals surface area contributed by atoms with Crippen molar-refractivity contribution in [1.29, 1.82) is 0 Å². The van der Waals surface area contributed by atoms with E-state index in [1.54, 1.807) is 12.1 Å². The average molecular weight is 221 g/mol. The number of hydrogen-bond acceptors (Lipinski definition) is 3. The summed E-state index contributed by atoms with van der Waals surface area (Å²) < 4.78 is 15.6. The molecule has 0 unspecified atom stereocenters. The van der Waals surface area contributed by atoms with E-state index in [1.165, 1.54) is 12.1 Å². The Morgan fingerprint density at radius 3 is 2.19 bits per heavy atom. The van der Waals surface area contributed by atoms with E-state index < -0.39 is 18.3 Å². The third kappa shape index (κ3) is 1.72. The summed E-state index contributed by atoms with van der Waals surface area (Å²) in [6.45, 7) is -2.25. The number of carbonyl (C=O) groups is 2. The lowest BCUT2D eigenvalue weighted by Gasteiger charge is -2.12. The zero-order valence-electron chi connectivity index (χ0n) is 10.6. The molecule has 1 aromatic carbocycles. The first-order valence-corrected chi connectivity index (χ1v) is 5.08. The number of amides is 2. The number of hydrogen-bond donors (Lipinski definition) is 1. The molecular formula is C12H13NO3. The molecule has 0 fully saturated rings. The van der Waals surface area contributed by atoms with Gasteiger partial charge >= 0.3 is 0 Å². The van der Waals surface area contributed by atoms with Crippen molar-refractivity contribution < 1.29 is 17.4 Å². The van der Waals surface area contributed by atoms with Crippen LogP contribution in [0.1, 0.15) is 36.3 Å². The Morgan fingerprint density at radius 1 is 1.12 bits per heavy atom. The van der Waals surface area contributed by atoms with Gasteiger partial charge in [0.1, 0.15) is 0 Å². The molecule has 84 valence electrons. The number of carbonyl (C=O) groups excluding carboxylic acids is 2. The number of aliphatic hydroxyl groups excluding tert-OH is 1. The highest BCUT2D eigenvalue weighted by Crippen LogP contribution is 2.22.